The minimum atomic E-state index is -0.594. The molecule has 10 heteroatoms. The Morgan fingerprint density at radius 3 is 2.79 bits per heavy atom. The van der Waals surface area contributed by atoms with Crippen molar-refractivity contribution in [1.29, 1.82) is 0 Å². The Hall–Kier alpha value is -2.68. The van der Waals surface area contributed by atoms with Gasteiger partial charge in [0.25, 0.3) is 11.8 Å². The number of benzene rings is 2. The Labute approximate surface area is 180 Å². The Morgan fingerprint density at radius 2 is 2.07 bits per heavy atom. The Balaban J connectivity index is 1.82. The van der Waals surface area contributed by atoms with Crippen LogP contribution >= 0.6 is 35.0 Å². The van der Waals surface area contributed by atoms with Crippen molar-refractivity contribution in [3.63, 3.8) is 0 Å². The molecule has 0 aliphatic carbocycles. The molecule has 29 heavy (non-hydrogen) atoms. The van der Waals surface area contributed by atoms with Crippen LogP contribution in [0.4, 0.5) is 5.69 Å². The minimum Gasteiger partial charge on any atom is -0.493 e. The van der Waals surface area contributed by atoms with Crippen LogP contribution in [0.25, 0.3) is 6.08 Å². The van der Waals surface area contributed by atoms with Gasteiger partial charge in [-0.3, -0.25) is 9.59 Å². The number of amides is 2. The molecule has 1 aliphatic rings. The number of nitrogens with zero attached hydrogens (tertiary/aromatic N) is 1. The molecule has 2 aromatic carbocycles. The second kappa shape index (κ2) is 9.21. The first-order valence-corrected chi connectivity index (χ1v) is 9.77. The van der Waals surface area contributed by atoms with Crippen molar-refractivity contribution in [3.05, 3.63) is 56.9 Å². The van der Waals surface area contributed by atoms with E-state index < -0.39 is 5.91 Å². The molecular formula is C19H15Cl2N3O4S. The fourth-order valence-electron chi connectivity index (χ4n) is 2.36. The van der Waals surface area contributed by atoms with E-state index in [1.807, 2.05) is 0 Å². The average molecular weight is 452 g/mol. The number of carbonyl (C=O) groups is 2. The van der Waals surface area contributed by atoms with Crippen LogP contribution in [0, 0.1) is 0 Å². The lowest BCUT2D eigenvalue weighted by Crippen LogP contribution is -2.20. The number of ether oxygens (including phenoxy) is 2. The number of rotatable bonds is 6. The monoisotopic (exact) mass is 451 g/mol. The molecule has 0 radical (unpaired) electrons. The SMILES string of the molecule is COc1cc(/C=C2/SC(=Nc3cccc(Cl)c3Cl)NC2=O)ccc1OCC(N)=O. The quantitative estimate of drug-likeness (QED) is 0.650. The topological polar surface area (TPSA) is 103 Å². The Morgan fingerprint density at radius 1 is 1.28 bits per heavy atom. The summed E-state index contributed by atoms with van der Waals surface area (Å²) >= 11 is 13.3. The Kier molecular flexibility index (Phi) is 6.68. The first-order chi connectivity index (χ1) is 13.9. The van der Waals surface area contributed by atoms with Crippen LogP contribution in [0.15, 0.2) is 46.3 Å². The van der Waals surface area contributed by atoms with Gasteiger partial charge in [0.2, 0.25) is 0 Å². The van der Waals surface area contributed by atoms with E-state index in [0.717, 1.165) is 0 Å². The van der Waals surface area contributed by atoms with Gasteiger partial charge in [-0.25, -0.2) is 4.99 Å². The van der Waals surface area contributed by atoms with Crippen molar-refractivity contribution in [3.8, 4) is 11.5 Å². The molecule has 7 nitrogen and oxygen atoms in total. The highest BCUT2D eigenvalue weighted by molar-refractivity contribution is 8.18. The van der Waals surface area contributed by atoms with Crippen LogP contribution in [-0.2, 0) is 9.59 Å². The molecule has 1 aliphatic heterocycles. The van der Waals surface area contributed by atoms with E-state index in [0.29, 0.717) is 42.9 Å². The zero-order valence-corrected chi connectivity index (χ0v) is 17.4. The smallest absolute Gasteiger partial charge is 0.264 e. The highest BCUT2D eigenvalue weighted by Gasteiger charge is 2.24. The van der Waals surface area contributed by atoms with E-state index in [1.165, 1.54) is 18.9 Å². The molecule has 1 fully saturated rings. The number of hydrogen-bond acceptors (Lipinski definition) is 6. The maximum Gasteiger partial charge on any atom is 0.264 e. The van der Waals surface area contributed by atoms with Crippen molar-refractivity contribution >= 4 is 63.7 Å². The molecule has 0 atom stereocenters. The van der Waals surface area contributed by atoms with Gasteiger partial charge in [0, 0.05) is 0 Å². The molecule has 3 rings (SSSR count). The van der Waals surface area contributed by atoms with Gasteiger partial charge in [0.15, 0.2) is 23.3 Å². The van der Waals surface area contributed by atoms with Crippen LogP contribution in [-0.4, -0.2) is 30.7 Å². The van der Waals surface area contributed by atoms with Gasteiger partial charge in [-0.15, -0.1) is 0 Å². The molecule has 0 aromatic heterocycles. The first-order valence-electron chi connectivity index (χ1n) is 8.20. The standard InChI is InChI=1S/C19H15Cl2N3O4S/c1-27-14-7-10(5-6-13(14)28-9-16(22)25)8-15-18(26)24-19(29-15)23-12-4-2-3-11(20)17(12)21/h2-8H,9H2,1H3,(H2,22,25)(H,23,24,26)/b15-8+. The lowest BCUT2D eigenvalue weighted by molar-refractivity contribution is -0.120. The summed E-state index contributed by atoms with van der Waals surface area (Å²) in [4.78, 5) is 28.0. The summed E-state index contributed by atoms with van der Waals surface area (Å²) in [6.07, 6.45) is 1.68. The maximum absolute atomic E-state index is 12.3. The third-order valence-corrected chi connectivity index (χ3v) is 5.38. The molecule has 0 saturated carbocycles. The number of methoxy groups -OCH3 is 1. The number of nitrogens with two attached hydrogens (primary N) is 1. The molecular weight excluding hydrogens is 437 g/mol. The van der Waals surface area contributed by atoms with E-state index >= 15 is 0 Å². The van der Waals surface area contributed by atoms with E-state index in [9.17, 15) is 9.59 Å². The predicted molar refractivity (Wildman–Crippen MR) is 115 cm³/mol. The Bertz CT molecular complexity index is 1040. The number of aliphatic imine (C=N–C) groups is 1. The van der Waals surface area contributed by atoms with Gasteiger partial charge in [0.1, 0.15) is 0 Å². The van der Waals surface area contributed by atoms with Gasteiger partial charge < -0.3 is 20.5 Å². The molecule has 150 valence electrons. The van der Waals surface area contributed by atoms with Crippen LogP contribution in [0.2, 0.25) is 10.0 Å². The molecule has 0 unspecified atom stereocenters. The fraction of sp³-hybridized carbons (Fsp3) is 0.105. The first kappa shape index (κ1) is 21.0. The molecule has 0 bridgehead atoms. The van der Waals surface area contributed by atoms with E-state index in [1.54, 1.807) is 42.5 Å². The summed E-state index contributed by atoms with van der Waals surface area (Å²) in [6.45, 7) is -0.263. The summed E-state index contributed by atoms with van der Waals surface area (Å²) in [6, 6.07) is 10.1. The molecule has 2 aromatic rings. The van der Waals surface area contributed by atoms with Crippen molar-refractivity contribution in [2.75, 3.05) is 13.7 Å². The van der Waals surface area contributed by atoms with Gasteiger partial charge >= 0.3 is 0 Å². The number of nitrogens with one attached hydrogen (secondary N) is 1. The third kappa shape index (κ3) is 5.23. The van der Waals surface area contributed by atoms with Gasteiger partial charge in [-0.2, -0.15) is 0 Å². The largest absolute Gasteiger partial charge is 0.493 e. The molecule has 3 N–H and O–H groups in total. The summed E-state index contributed by atoms with van der Waals surface area (Å²) in [5.74, 6) is -0.109. The average Bonchev–Trinajstić information content (AvgIpc) is 3.03. The van der Waals surface area contributed by atoms with E-state index in [4.69, 9.17) is 38.4 Å². The van der Waals surface area contributed by atoms with Crippen molar-refractivity contribution in [2.24, 2.45) is 10.7 Å². The second-order valence-electron chi connectivity index (χ2n) is 5.72. The van der Waals surface area contributed by atoms with Gasteiger partial charge in [-0.05, 0) is 47.7 Å². The number of hydrogen-bond donors (Lipinski definition) is 2. The van der Waals surface area contributed by atoms with Gasteiger partial charge in [0.05, 0.1) is 27.7 Å². The molecule has 2 amide bonds. The van der Waals surface area contributed by atoms with Crippen LogP contribution < -0.4 is 20.5 Å². The number of primary amides is 1. The lowest BCUT2D eigenvalue weighted by atomic mass is 10.2. The maximum atomic E-state index is 12.3. The number of halogens is 2. The van der Waals surface area contributed by atoms with Crippen molar-refractivity contribution < 1.29 is 19.1 Å². The van der Waals surface area contributed by atoms with E-state index in [-0.39, 0.29) is 12.5 Å². The number of carbonyl (C=O) groups excluding carboxylic acids is 2. The lowest BCUT2D eigenvalue weighted by Gasteiger charge is -2.10. The normalized spacial score (nSPS) is 16.2. The molecule has 1 heterocycles. The highest BCUT2D eigenvalue weighted by atomic mass is 35.5. The van der Waals surface area contributed by atoms with Crippen LogP contribution in [0.5, 0.6) is 11.5 Å². The predicted octanol–water partition coefficient (Wildman–Crippen LogP) is 3.76. The summed E-state index contributed by atoms with van der Waals surface area (Å²) in [5.41, 5.74) is 6.24. The van der Waals surface area contributed by atoms with Crippen LogP contribution in [0.3, 0.4) is 0 Å². The molecule has 1 saturated heterocycles. The van der Waals surface area contributed by atoms with E-state index in [2.05, 4.69) is 10.3 Å². The number of thioether (sulfide) groups is 1. The van der Waals surface area contributed by atoms with Crippen molar-refractivity contribution in [2.45, 2.75) is 0 Å². The summed E-state index contributed by atoms with van der Waals surface area (Å²) < 4.78 is 10.6. The second-order valence-corrected chi connectivity index (χ2v) is 7.54. The van der Waals surface area contributed by atoms with Crippen LogP contribution in [0.1, 0.15) is 5.56 Å². The highest BCUT2D eigenvalue weighted by Crippen LogP contribution is 2.35. The third-order valence-electron chi connectivity index (χ3n) is 3.66. The summed E-state index contributed by atoms with van der Waals surface area (Å²) in [5, 5.41) is 3.77. The zero-order chi connectivity index (χ0) is 21.0. The van der Waals surface area contributed by atoms with Crippen molar-refractivity contribution in [1.82, 2.24) is 5.32 Å². The summed E-state index contributed by atoms with van der Waals surface area (Å²) in [7, 11) is 1.47. The zero-order valence-electron chi connectivity index (χ0n) is 15.1. The number of amidine groups is 1. The van der Waals surface area contributed by atoms with Gasteiger partial charge in [-0.1, -0.05) is 35.3 Å². The minimum absolute atomic E-state index is 0.263. The fourth-order valence-corrected chi connectivity index (χ4v) is 3.53. The molecule has 0 spiro atoms.